The van der Waals surface area contributed by atoms with Crippen LogP contribution in [0.15, 0.2) is 66.8 Å². The van der Waals surface area contributed by atoms with Crippen LogP contribution < -0.4 is 0 Å². The summed E-state index contributed by atoms with van der Waals surface area (Å²) < 4.78 is 64.5. The van der Waals surface area contributed by atoms with Crippen molar-refractivity contribution in [2.24, 2.45) is 0 Å². The largest absolute Gasteiger partial charge is 0.418 e. The van der Waals surface area contributed by atoms with E-state index in [1.807, 2.05) is 36.4 Å². The molecule has 1 aliphatic rings. The monoisotopic (exact) mass is 444 g/mol. The molecule has 1 atom stereocenters. The molecule has 2 aromatic carbocycles. The fourth-order valence-corrected chi connectivity index (χ4v) is 5.13. The Hall–Kier alpha value is -3.00. The van der Waals surface area contributed by atoms with Crippen molar-refractivity contribution in [3.05, 3.63) is 89.3 Å². The lowest BCUT2D eigenvalue weighted by Crippen LogP contribution is -2.36. The number of sulfone groups is 1. The van der Waals surface area contributed by atoms with E-state index in [0.717, 1.165) is 23.5 Å². The van der Waals surface area contributed by atoms with Gasteiger partial charge in [-0.15, -0.1) is 0 Å². The van der Waals surface area contributed by atoms with Crippen LogP contribution in [0.5, 0.6) is 0 Å². The Morgan fingerprint density at radius 3 is 2.29 bits per heavy atom. The number of halogens is 3. The van der Waals surface area contributed by atoms with E-state index < -0.39 is 26.3 Å². The summed E-state index contributed by atoms with van der Waals surface area (Å²) in [5.74, 6) is 0. The van der Waals surface area contributed by atoms with E-state index >= 15 is 0 Å². The maximum Gasteiger partial charge on any atom is 0.418 e. The summed E-state index contributed by atoms with van der Waals surface area (Å²) >= 11 is 0. The van der Waals surface area contributed by atoms with Crippen LogP contribution in [0.4, 0.5) is 13.2 Å². The first kappa shape index (κ1) is 21.2. The van der Waals surface area contributed by atoms with Crippen molar-refractivity contribution in [2.45, 2.75) is 24.3 Å². The summed E-state index contributed by atoms with van der Waals surface area (Å²) in [4.78, 5) is 8.54. The third kappa shape index (κ3) is 3.65. The lowest BCUT2D eigenvalue weighted by atomic mass is 9.89. The number of para-hydroxylation sites is 1. The van der Waals surface area contributed by atoms with Crippen molar-refractivity contribution >= 4 is 26.4 Å². The van der Waals surface area contributed by atoms with Gasteiger partial charge >= 0.3 is 6.18 Å². The Labute approximate surface area is 178 Å². The van der Waals surface area contributed by atoms with Gasteiger partial charge in [0.05, 0.1) is 22.5 Å². The third-order valence-electron chi connectivity index (χ3n) is 5.50. The summed E-state index contributed by atoms with van der Waals surface area (Å²) in [7, 11) is -3.73. The number of nitrogens with zero attached hydrogens (tertiary/aromatic N) is 2. The van der Waals surface area contributed by atoms with Crippen molar-refractivity contribution < 1.29 is 21.6 Å². The van der Waals surface area contributed by atoms with Crippen LogP contribution in [0.1, 0.15) is 28.9 Å². The quantitative estimate of drug-likeness (QED) is 0.554. The number of rotatable bonds is 3. The molecule has 160 valence electrons. The molecule has 0 saturated carbocycles. The molecule has 0 saturated heterocycles. The van der Waals surface area contributed by atoms with E-state index in [4.69, 9.17) is 0 Å². The number of benzene rings is 2. The Balaban J connectivity index is 1.89. The summed E-state index contributed by atoms with van der Waals surface area (Å²) in [5, 5.41) is 0. The highest BCUT2D eigenvalue weighted by molar-refractivity contribution is 7.91. The summed E-state index contributed by atoms with van der Waals surface area (Å²) in [6, 6.07) is 13.1. The number of fused-ring (bicyclic) bond motifs is 1. The minimum absolute atomic E-state index is 0.00434. The Bertz CT molecular complexity index is 1330. The second-order valence-corrected chi connectivity index (χ2v) is 9.83. The van der Waals surface area contributed by atoms with Crippen LogP contribution >= 0.6 is 0 Å². The number of hydrogen-bond donors (Lipinski definition) is 0. The number of aromatic nitrogens is 2. The number of hydrogen-bond acceptors (Lipinski definition) is 4. The molecular weight excluding hydrogens is 425 g/mol. The number of aryl methyl sites for hydroxylation is 1. The standard InChI is InChI=1S/C23H19F3N2O2S/c1-15-21(28-19-10-6-9-18(20(19)27-15)23(24,25)26)22(31(2,29)30)13-11-17(12-14-22)16-7-4-3-5-8-16/h3-13H,14H2,1-2H3. The molecule has 0 bridgehead atoms. The van der Waals surface area contributed by atoms with Crippen LogP contribution in [0.3, 0.4) is 0 Å². The molecule has 1 unspecified atom stereocenters. The van der Waals surface area contributed by atoms with E-state index in [2.05, 4.69) is 9.97 Å². The zero-order valence-electron chi connectivity index (χ0n) is 16.8. The second-order valence-electron chi connectivity index (χ2n) is 7.55. The Morgan fingerprint density at radius 1 is 1.00 bits per heavy atom. The molecule has 0 aliphatic heterocycles. The average Bonchev–Trinajstić information content (AvgIpc) is 2.72. The van der Waals surface area contributed by atoms with Crippen molar-refractivity contribution in [1.29, 1.82) is 0 Å². The summed E-state index contributed by atoms with van der Waals surface area (Å²) in [6.07, 6.45) is 1.73. The van der Waals surface area contributed by atoms with Crippen LogP contribution in [0.2, 0.25) is 0 Å². The van der Waals surface area contributed by atoms with Gasteiger partial charge in [0.2, 0.25) is 0 Å². The van der Waals surface area contributed by atoms with E-state index in [-0.39, 0.29) is 28.8 Å². The number of allylic oxidation sites excluding steroid dienone is 3. The molecule has 8 heteroatoms. The maximum absolute atomic E-state index is 13.4. The maximum atomic E-state index is 13.4. The van der Waals surface area contributed by atoms with Gasteiger partial charge in [0, 0.05) is 6.26 Å². The fourth-order valence-electron chi connectivity index (χ4n) is 3.88. The average molecular weight is 444 g/mol. The second kappa shape index (κ2) is 7.30. The molecule has 4 rings (SSSR count). The predicted octanol–water partition coefficient (Wildman–Crippen LogP) is 5.24. The highest BCUT2D eigenvalue weighted by Crippen LogP contribution is 2.42. The van der Waals surface area contributed by atoms with Crippen LogP contribution in [-0.2, 0) is 20.8 Å². The smallest absolute Gasteiger partial charge is 0.249 e. The van der Waals surface area contributed by atoms with Crippen molar-refractivity contribution in [3.8, 4) is 0 Å². The number of alkyl halides is 3. The first-order valence-electron chi connectivity index (χ1n) is 9.52. The molecule has 1 aromatic heterocycles. The van der Waals surface area contributed by atoms with Crippen molar-refractivity contribution in [2.75, 3.05) is 6.26 Å². The minimum atomic E-state index is -4.59. The van der Waals surface area contributed by atoms with Crippen molar-refractivity contribution in [3.63, 3.8) is 0 Å². The lowest BCUT2D eigenvalue weighted by molar-refractivity contribution is -0.136. The predicted molar refractivity (Wildman–Crippen MR) is 114 cm³/mol. The molecule has 1 heterocycles. The fraction of sp³-hybridized carbons (Fsp3) is 0.217. The Kier molecular flexibility index (Phi) is 5.00. The van der Waals surface area contributed by atoms with E-state index in [1.54, 1.807) is 12.2 Å². The Morgan fingerprint density at radius 2 is 1.71 bits per heavy atom. The van der Waals surface area contributed by atoms with Crippen LogP contribution in [0, 0.1) is 6.92 Å². The molecule has 0 spiro atoms. The van der Waals surface area contributed by atoms with Crippen LogP contribution in [0.25, 0.3) is 16.6 Å². The van der Waals surface area contributed by atoms with E-state index in [9.17, 15) is 21.6 Å². The molecular formula is C23H19F3N2O2S. The van der Waals surface area contributed by atoms with Gasteiger partial charge in [-0.1, -0.05) is 54.6 Å². The van der Waals surface area contributed by atoms with E-state index in [0.29, 0.717) is 0 Å². The minimum Gasteiger partial charge on any atom is -0.249 e. The SMILES string of the molecule is Cc1nc2c(C(F)(F)F)cccc2nc1C1(S(C)(=O)=O)C=CC(c2ccccc2)=CC1. The molecule has 1 aliphatic carbocycles. The summed E-state index contributed by atoms with van der Waals surface area (Å²) in [6.45, 7) is 1.49. The topological polar surface area (TPSA) is 59.9 Å². The van der Waals surface area contributed by atoms with Gasteiger partial charge in [0.1, 0.15) is 10.3 Å². The van der Waals surface area contributed by atoms with Gasteiger partial charge in [-0.2, -0.15) is 13.2 Å². The van der Waals surface area contributed by atoms with Gasteiger partial charge < -0.3 is 0 Å². The first-order chi connectivity index (χ1) is 14.5. The zero-order valence-corrected chi connectivity index (χ0v) is 17.6. The zero-order chi connectivity index (χ0) is 22.4. The molecule has 0 radical (unpaired) electrons. The molecule has 0 amide bonds. The van der Waals surface area contributed by atoms with Crippen molar-refractivity contribution in [1.82, 2.24) is 9.97 Å². The van der Waals surface area contributed by atoms with Crippen LogP contribution in [-0.4, -0.2) is 24.6 Å². The van der Waals surface area contributed by atoms with Gasteiger partial charge in [0.25, 0.3) is 0 Å². The first-order valence-corrected chi connectivity index (χ1v) is 11.4. The van der Waals surface area contributed by atoms with Gasteiger partial charge in [-0.3, -0.25) is 0 Å². The van der Waals surface area contributed by atoms with Gasteiger partial charge in [0.15, 0.2) is 9.84 Å². The molecule has 31 heavy (non-hydrogen) atoms. The molecule has 0 fully saturated rings. The van der Waals surface area contributed by atoms with E-state index in [1.165, 1.54) is 19.1 Å². The lowest BCUT2D eigenvalue weighted by Gasteiger charge is -2.31. The molecule has 3 aromatic rings. The van der Waals surface area contributed by atoms with Gasteiger partial charge in [-0.25, -0.2) is 18.4 Å². The highest BCUT2D eigenvalue weighted by atomic mass is 32.2. The highest BCUT2D eigenvalue weighted by Gasteiger charge is 2.44. The molecule has 4 nitrogen and oxygen atoms in total. The molecule has 0 N–H and O–H groups in total. The van der Waals surface area contributed by atoms with Gasteiger partial charge in [-0.05, 0) is 36.6 Å². The normalized spacial score (nSPS) is 19.5. The summed E-state index contributed by atoms with van der Waals surface area (Å²) in [5.41, 5.74) is 0.913. The third-order valence-corrected chi connectivity index (χ3v) is 7.32.